The van der Waals surface area contributed by atoms with Crippen molar-refractivity contribution in [3.05, 3.63) is 44.2 Å². The van der Waals surface area contributed by atoms with E-state index in [-0.39, 0.29) is 5.11 Å². The van der Waals surface area contributed by atoms with Crippen molar-refractivity contribution in [1.29, 1.82) is 0 Å². The molecule has 144 valence electrons. The van der Waals surface area contributed by atoms with E-state index in [1.165, 1.54) is 11.3 Å². The number of hydrogen-bond acceptors (Lipinski definition) is 5. The van der Waals surface area contributed by atoms with Gasteiger partial charge in [-0.05, 0) is 56.2 Å². The lowest BCUT2D eigenvalue weighted by Crippen LogP contribution is -2.34. The molecule has 0 unspecified atom stereocenters. The van der Waals surface area contributed by atoms with Gasteiger partial charge in [-0.15, -0.1) is 11.3 Å². The van der Waals surface area contributed by atoms with Crippen LogP contribution in [0.5, 0.6) is 5.75 Å². The zero-order valence-corrected chi connectivity index (χ0v) is 18.4. The Morgan fingerprint density at radius 3 is 2.67 bits per heavy atom. The number of nitrogens with one attached hydrogen (secondary N) is 2. The van der Waals surface area contributed by atoms with Crippen LogP contribution < -0.4 is 21.1 Å². The second kappa shape index (κ2) is 9.29. The van der Waals surface area contributed by atoms with Crippen molar-refractivity contribution < 1.29 is 14.3 Å². The van der Waals surface area contributed by atoms with Crippen LogP contribution >= 0.6 is 39.5 Å². The summed E-state index contributed by atoms with van der Waals surface area (Å²) >= 11 is 9.94. The van der Waals surface area contributed by atoms with Gasteiger partial charge >= 0.3 is 0 Å². The molecule has 0 radical (unpaired) electrons. The highest BCUT2D eigenvalue weighted by Crippen LogP contribution is 2.32. The molecule has 0 bridgehead atoms. The first-order chi connectivity index (χ1) is 12.7. The fourth-order valence-corrected chi connectivity index (χ4v) is 4.02. The zero-order valence-electron chi connectivity index (χ0n) is 15.1. The number of hydrogen-bond donors (Lipinski definition) is 3. The molecule has 2 amide bonds. The van der Waals surface area contributed by atoms with Gasteiger partial charge in [0.2, 0.25) is 0 Å². The highest BCUT2D eigenvalue weighted by Gasteiger charge is 2.20. The zero-order chi connectivity index (χ0) is 20.1. The van der Waals surface area contributed by atoms with Crippen LogP contribution in [-0.4, -0.2) is 23.5 Å². The predicted molar refractivity (Wildman–Crippen MR) is 116 cm³/mol. The summed E-state index contributed by atoms with van der Waals surface area (Å²) in [4.78, 5) is 25.3. The van der Waals surface area contributed by atoms with Crippen LogP contribution in [0.15, 0.2) is 22.7 Å². The molecular formula is C18H20BrN3O3S2. The van der Waals surface area contributed by atoms with Crippen LogP contribution in [0.2, 0.25) is 0 Å². The summed E-state index contributed by atoms with van der Waals surface area (Å²) in [5.41, 5.74) is 6.99. The van der Waals surface area contributed by atoms with Crippen LogP contribution in [0, 0.1) is 13.8 Å². The van der Waals surface area contributed by atoms with E-state index >= 15 is 0 Å². The number of primary amides is 1. The quantitative estimate of drug-likeness (QED) is 0.552. The van der Waals surface area contributed by atoms with Gasteiger partial charge in [-0.3, -0.25) is 14.9 Å². The van der Waals surface area contributed by atoms with E-state index in [0.717, 1.165) is 21.3 Å². The Bertz CT molecular complexity index is 896. The summed E-state index contributed by atoms with van der Waals surface area (Å²) < 4.78 is 6.37. The molecule has 6 nitrogen and oxygen atoms in total. The molecular weight excluding hydrogens is 450 g/mol. The number of thiophene rings is 1. The molecule has 1 heterocycles. The molecule has 27 heavy (non-hydrogen) atoms. The number of carbonyl (C=O) groups excluding carboxylic acids is 2. The molecule has 0 spiro atoms. The van der Waals surface area contributed by atoms with Crippen molar-refractivity contribution in [3.63, 3.8) is 0 Å². The first-order valence-corrected chi connectivity index (χ1v) is 10.2. The molecule has 2 rings (SSSR count). The summed E-state index contributed by atoms with van der Waals surface area (Å²) in [7, 11) is 0. The van der Waals surface area contributed by atoms with Crippen LogP contribution in [0.1, 0.15) is 44.5 Å². The Morgan fingerprint density at radius 2 is 2.04 bits per heavy atom. The molecule has 1 aromatic heterocycles. The lowest BCUT2D eigenvalue weighted by molar-refractivity contribution is 0.0971. The maximum absolute atomic E-state index is 12.6. The molecule has 0 saturated carbocycles. The fourth-order valence-electron chi connectivity index (χ4n) is 2.33. The molecule has 0 fully saturated rings. The lowest BCUT2D eigenvalue weighted by atomic mass is 10.1. The number of anilines is 1. The van der Waals surface area contributed by atoms with Crippen molar-refractivity contribution in [2.75, 3.05) is 11.9 Å². The third kappa shape index (κ3) is 5.27. The molecule has 0 aliphatic heterocycles. The monoisotopic (exact) mass is 469 g/mol. The molecule has 2 aromatic rings. The molecule has 0 atom stereocenters. The summed E-state index contributed by atoms with van der Waals surface area (Å²) in [6.45, 7) is 6.19. The van der Waals surface area contributed by atoms with Crippen LogP contribution in [0.25, 0.3) is 0 Å². The number of amides is 2. The third-order valence-corrected chi connectivity index (χ3v) is 5.55. The topological polar surface area (TPSA) is 93.4 Å². The van der Waals surface area contributed by atoms with Gasteiger partial charge in [0.1, 0.15) is 10.8 Å². The van der Waals surface area contributed by atoms with Crippen molar-refractivity contribution in [3.8, 4) is 5.75 Å². The Kier molecular flexibility index (Phi) is 7.34. The lowest BCUT2D eigenvalue weighted by Gasteiger charge is -2.13. The van der Waals surface area contributed by atoms with Crippen molar-refractivity contribution in [2.24, 2.45) is 5.73 Å². The number of thiocarbonyl (C=S) groups is 1. The standard InChI is InChI=1S/C18H20BrN3O3S2/c1-4-7-25-13-6-5-11(19)8-12(13)16(24)21-18(26)22-17-14(15(20)23)9(2)10(3)27-17/h5-6,8H,4,7H2,1-3H3,(H2,20,23)(H2,21,22,24,26). The maximum atomic E-state index is 12.6. The van der Waals surface area contributed by atoms with E-state index in [9.17, 15) is 9.59 Å². The summed E-state index contributed by atoms with van der Waals surface area (Å²) in [5, 5.41) is 6.10. The van der Waals surface area contributed by atoms with Crippen LogP contribution in [0.3, 0.4) is 0 Å². The Labute approximate surface area is 175 Å². The van der Waals surface area contributed by atoms with E-state index in [4.69, 9.17) is 22.7 Å². The maximum Gasteiger partial charge on any atom is 0.261 e. The number of aryl methyl sites for hydroxylation is 1. The molecule has 1 aromatic carbocycles. The van der Waals surface area contributed by atoms with Gasteiger partial charge in [0, 0.05) is 9.35 Å². The Morgan fingerprint density at radius 1 is 1.33 bits per heavy atom. The number of carbonyl (C=O) groups is 2. The highest BCUT2D eigenvalue weighted by molar-refractivity contribution is 9.10. The minimum Gasteiger partial charge on any atom is -0.493 e. The summed E-state index contributed by atoms with van der Waals surface area (Å²) in [6, 6.07) is 5.19. The Hall–Kier alpha value is -1.97. The average Bonchev–Trinajstić information content (AvgIpc) is 2.87. The first kappa shape index (κ1) is 21.3. The second-order valence-electron chi connectivity index (χ2n) is 5.75. The van der Waals surface area contributed by atoms with Gasteiger partial charge in [0.25, 0.3) is 11.8 Å². The van der Waals surface area contributed by atoms with Crippen molar-refractivity contribution in [1.82, 2.24) is 5.32 Å². The number of ether oxygens (including phenoxy) is 1. The van der Waals surface area contributed by atoms with Crippen molar-refractivity contribution >= 4 is 61.4 Å². The van der Waals surface area contributed by atoms with E-state index < -0.39 is 11.8 Å². The van der Waals surface area contributed by atoms with E-state index in [2.05, 4.69) is 26.6 Å². The molecule has 0 aliphatic carbocycles. The Balaban J connectivity index is 2.17. The SMILES string of the molecule is CCCOc1ccc(Br)cc1C(=O)NC(=S)Nc1sc(C)c(C)c1C(N)=O. The van der Waals surface area contributed by atoms with Gasteiger partial charge in [0.05, 0.1) is 17.7 Å². The molecule has 9 heteroatoms. The number of rotatable bonds is 6. The van der Waals surface area contributed by atoms with Crippen LogP contribution in [0.4, 0.5) is 5.00 Å². The average molecular weight is 470 g/mol. The molecule has 0 aliphatic rings. The fraction of sp³-hybridized carbons (Fsp3) is 0.278. The van der Waals surface area contributed by atoms with Gasteiger partial charge in [0.15, 0.2) is 5.11 Å². The number of benzene rings is 1. The molecule has 4 N–H and O–H groups in total. The highest BCUT2D eigenvalue weighted by atomic mass is 79.9. The van der Waals surface area contributed by atoms with Gasteiger partial charge in [-0.2, -0.15) is 0 Å². The van der Waals surface area contributed by atoms with Crippen LogP contribution in [-0.2, 0) is 0 Å². The first-order valence-electron chi connectivity index (χ1n) is 8.19. The second-order valence-corrected chi connectivity index (χ2v) is 8.30. The summed E-state index contributed by atoms with van der Waals surface area (Å²) in [5.74, 6) is -0.484. The smallest absolute Gasteiger partial charge is 0.261 e. The minimum absolute atomic E-state index is 0.0742. The summed E-state index contributed by atoms with van der Waals surface area (Å²) in [6.07, 6.45) is 0.823. The normalized spacial score (nSPS) is 10.4. The minimum atomic E-state index is -0.546. The third-order valence-electron chi connectivity index (χ3n) is 3.73. The van der Waals surface area contributed by atoms with E-state index in [1.54, 1.807) is 18.2 Å². The van der Waals surface area contributed by atoms with Gasteiger partial charge in [-0.25, -0.2) is 0 Å². The number of halogens is 1. The number of nitrogens with two attached hydrogens (primary N) is 1. The molecule has 0 saturated heterocycles. The van der Waals surface area contributed by atoms with Crippen molar-refractivity contribution in [2.45, 2.75) is 27.2 Å². The van der Waals surface area contributed by atoms with Gasteiger partial charge in [-0.1, -0.05) is 22.9 Å². The largest absolute Gasteiger partial charge is 0.493 e. The van der Waals surface area contributed by atoms with E-state index in [1.807, 2.05) is 20.8 Å². The van der Waals surface area contributed by atoms with E-state index in [0.29, 0.717) is 28.5 Å². The predicted octanol–water partition coefficient (Wildman–Crippen LogP) is 4.14. The van der Waals surface area contributed by atoms with Gasteiger partial charge < -0.3 is 15.8 Å².